The summed E-state index contributed by atoms with van der Waals surface area (Å²) in [6.07, 6.45) is 0. The van der Waals surface area contributed by atoms with E-state index in [-0.39, 0.29) is 10.6 Å². The van der Waals surface area contributed by atoms with Gasteiger partial charge >= 0.3 is 11.9 Å². The molecule has 1 aromatic carbocycles. The molecule has 8 heteroatoms. The summed E-state index contributed by atoms with van der Waals surface area (Å²) in [6.45, 7) is 4.17. The third-order valence-corrected chi connectivity index (χ3v) is 2.89. The molecule has 0 aromatic heterocycles. The fourth-order valence-electron chi connectivity index (χ4n) is 1.48. The zero-order valence-corrected chi connectivity index (χ0v) is 14.5. The van der Waals surface area contributed by atoms with Gasteiger partial charge in [0.15, 0.2) is 6.61 Å². The first kappa shape index (κ1) is 19.3. The molecule has 0 aliphatic carbocycles. The van der Waals surface area contributed by atoms with E-state index in [1.54, 1.807) is 20.8 Å². The van der Waals surface area contributed by atoms with Gasteiger partial charge in [-0.2, -0.15) is 0 Å². The molecule has 0 bridgehead atoms. The highest BCUT2D eigenvalue weighted by atomic mass is 35.5. The smallest absolute Gasteiger partial charge is 0.344 e. The Labute approximate surface area is 144 Å². The lowest BCUT2D eigenvalue weighted by Crippen LogP contribution is -2.33. The molecule has 0 radical (unpaired) electrons. The Morgan fingerprint density at radius 3 is 2.35 bits per heavy atom. The third-order valence-electron chi connectivity index (χ3n) is 2.34. The summed E-state index contributed by atoms with van der Waals surface area (Å²) in [4.78, 5) is 34.7. The third kappa shape index (κ3) is 7.34. The fourth-order valence-corrected chi connectivity index (χ4v) is 1.98. The first-order valence-corrected chi connectivity index (χ1v) is 7.45. The second-order valence-corrected chi connectivity index (χ2v) is 6.40. The summed E-state index contributed by atoms with van der Waals surface area (Å²) in [5, 5.41) is 2.89. The van der Waals surface area contributed by atoms with Gasteiger partial charge in [-0.15, -0.1) is 0 Å². The van der Waals surface area contributed by atoms with Crippen LogP contribution in [-0.2, 0) is 19.1 Å². The molecule has 0 saturated heterocycles. The van der Waals surface area contributed by atoms with Gasteiger partial charge < -0.3 is 14.8 Å². The molecule has 0 saturated carbocycles. The molecule has 1 rings (SSSR count). The van der Waals surface area contributed by atoms with Gasteiger partial charge in [0, 0.05) is 5.02 Å². The van der Waals surface area contributed by atoms with E-state index in [4.69, 9.17) is 32.7 Å². The highest BCUT2D eigenvalue weighted by Crippen LogP contribution is 2.20. The average Bonchev–Trinajstić information content (AvgIpc) is 2.40. The van der Waals surface area contributed by atoms with Crippen molar-refractivity contribution in [3.63, 3.8) is 0 Å². The molecular formula is C15H17Cl2NO5. The van der Waals surface area contributed by atoms with Crippen molar-refractivity contribution < 1.29 is 23.9 Å². The molecule has 0 fully saturated rings. The Hall–Kier alpha value is -1.79. The molecule has 6 nitrogen and oxygen atoms in total. The SMILES string of the molecule is CC(C)(C)OC(=O)COC(=O)CNC(=O)c1ccc(Cl)cc1Cl. The summed E-state index contributed by atoms with van der Waals surface area (Å²) in [5.41, 5.74) is -0.487. The zero-order valence-electron chi connectivity index (χ0n) is 12.9. The van der Waals surface area contributed by atoms with Gasteiger partial charge in [0.05, 0.1) is 10.6 Å². The molecule has 0 spiro atoms. The lowest BCUT2D eigenvalue weighted by molar-refractivity contribution is -0.166. The largest absolute Gasteiger partial charge is 0.457 e. The van der Waals surface area contributed by atoms with Gasteiger partial charge in [0.1, 0.15) is 12.1 Å². The number of nitrogens with one attached hydrogen (secondary N) is 1. The van der Waals surface area contributed by atoms with Crippen LogP contribution in [0.25, 0.3) is 0 Å². The van der Waals surface area contributed by atoms with Gasteiger partial charge in [-0.25, -0.2) is 4.79 Å². The number of halogens is 2. The summed E-state index contributed by atoms with van der Waals surface area (Å²) in [6, 6.07) is 4.36. The molecule has 0 heterocycles. The number of carbonyl (C=O) groups is 3. The molecule has 0 unspecified atom stereocenters. The second-order valence-electron chi connectivity index (χ2n) is 5.55. The Kier molecular flexibility index (Phi) is 6.84. The Bertz CT molecular complexity index is 610. The van der Waals surface area contributed by atoms with Crippen LogP contribution in [0.3, 0.4) is 0 Å². The minimum Gasteiger partial charge on any atom is -0.457 e. The van der Waals surface area contributed by atoms with E-state index in [1.807, 2.05) is 0 Å². The molecule has 23 heavy (non-hydrogen) atoms. The van der Waals surface area contributed by atoms with Crippen LogP contribution in [0.2, 0.25) is 10.0 Å². The molecule has 1 N–H and O–H groups in total. The number of hydrogen-bond donors (Lipinski definition) is 1. The molecule has 1 amide bonds. The number of hydrogen-bond acceptors (Lipinski definition) is 5. The van der Waals surface area contributed by atoms with Crippen molar-refractivity contribution in [2.45, 2.75) is 26.4 Å². The maximum atomic E-state index is 11.9. The summed E-state index contributed by atoms with van der Waals surface area (Å²) in [5.74, 6) is -1.99. The summed E-state index contributed by atoms with van der Waals surface area (Å²) in [7, 11) is 0. The van der Waals surface area contributed by atoms with Crippen LogP contribution >= 0.6 is 23.2 Å². The fraction of sp³-hybridized carbons (Fsp3) is 0.400. The highest BCUT2D eigenvalue weighted by Gasteiger charge is 2.18. The second kappa shape index (κ2) is 8.17. The van der Waals surface area contributed by atoms with Crippen molar-refractivity contribution in [2.75, 3.05) is 13.2 Å². The van der Waals surface area contributed by atoms with Crippen LogP contribution in [0, 0.1) is 0 Å². The zero-order chi connectivity index (χ0) is 17.6. The van der Waals surface area contributed by atoms with Gasteiger partial charge in [-0.1, -0.05) is 23.2 Å². The minimum atomic E-state index is -0.769. The normalized spacial score (nSPS) is 10.8. The lowest BCUT2D eigenvalue weighted by Gasteiger charge is -2.19. The molecular weight excluding hydrogens is 345 g/mol. The number of amides is 1. The number of ether oxygens (including phenoxy) is 2. The van der Waals surface area contributed by atoms with Crippen LogP contribution in [0.4, 0.5) is 0 Å². The van der Waals surface area contributed by atoms with Crippen molar-refractivity contribution in [2.24, 2.45) is 0 Å². The first-order valence-electron chi connectivity index (χ1n) is 6.69. The van der Waals surface area contributed by atoms with Gasteiger partial charge in [0.25, 0.3) is 5.91 Å². The molecule has 0 aliphatic heterocycles. The summed E-state index contributed by atoms with van der Waals surface area (Å²) < 4.78 is 9.68. The molecule has 126 valence electrons. The Morgan fingerprint density at radius 2 is 1.78 bits per heavy atom. The summed E-state index contributed by atoms with van der Waals surface area (Å²) >= 11 is 11.6. The van der Waals surface area contributed by atoms with E-state index < -0.39 is 36.6 Å². The van der Waals surface area contributed by atoms with E-state index in [1.165, 1.54) is 18.2 Å². The van der Waals surface area contributed by atoms with E-state index in [2.05, 4.69) is 5.32 Å². The maximum Gasteiger partial charge on any atom is 0.344 e. The predicted octanol–water partition coefficient (Wildman–Crippen LogP) is 2.61. The molecule has 0 aliphatic rings. The predicted molar refractivity (Wildman–Crippen MR) is 85.6 cm³/mol. The van der Waals surface area contributed by atoms with Crippen molar-refractivity contribution in [3.05, 3.63) is 33.8 Å². The number of esters is 2. The van der Waals surface area contributed by atoms with Crippen LogP contribution in [0.15, 0.2) is 18.2 Å². The van der Waals surface area contributed by atoms with E-state index in [9.17, 15) is 14.4 Å². The quantitative estimate of drug-likeness (QED) is 0.815. The first-order chi connectivity index (χ1) is 10.6. The number of rotatable bonds is 5. The molecule has 1 aromatic rings. The van der Waals surface area contributed by atoms with Crippen molar-refractivity contribution in [3.8, 4) is 0 Å². The van der Waals surface area contributed by atoms with Gasteiger partial charge in [-0.05, 0) is 39.0 Å². The van der Waals surface area contributed by atoms with Crippen molar-refractivity contribution in [1.82, 2.24) is 5.32 Å². The maximum absolute atomic E-state index is 11.9. The van der Waals surface area contributed by atoms with E-state index >= 15 is 0 Å². The number of carbonyl (C=O) groups excluding carboxylic acids is 3. The average molecular weight is 362 g/mol. The minimum absolute atomic E-state index is 0.164. The molecule has 0 atom stereocenters. The van der Waals surface area contributed by atoms with Gasteiger partial charge in [-0.3, -0.25) is 9.59 Å². The lowest BCUT2D eigenvalue weighted by atomic mass is 10.2. The van der Waals surface area contributed by atoms with E-state index in [0.29, 0.717) is 5.02 Å². The van der Waals surface area contributed by atoms with Crippen LogP contribution < -0.4 is 5.32 Å². The Balaban J connectivity index is 2.41. The van der Waals surface area contributed by atoms with E-state index in [0.717, 1.165) is 0 Å². The van der Waals surface area contributed by atoms with Crippen LogP contribution in [0.5, 0.6) is 0 Å². The highest BCUT2D eigenvalue weighted by molar-refractivity contribution is 6.36. The Morgan fingerprint density at radius 1 is 1.13 bits per heavy atom. The number of benzene rings is 1. The van der Waals surface area contributed by atoms with Gasteiger partial charge in [0.2, 0.25) is 0 Å². The van der Waals surface area contributed by atoms with Crippen LogP contribution in [-0.4, -0.2) is 36.6 Å². The monoisotopic (exact) mass is 361 g/mol. The van der Waals surface area contributed by atoms with Crippen LogP contribution in [0.1, 0.15) is 31.1 Å². The van der Waals surface area contributed by atoms with Crippen molar-refractivity contribution in [1.29, 1.82) is 0 Å². The standard InChI is InChI=1S/C15H17Cl2NO5/c1-15(2,3)23-13(20)8-22-12(19)7-18-14(21)10-5-4-9(16)6-11(10)17/h4-6H,7-8H2,1-3H3,(H,18,21). The van der Waals surface area contributed by atoms with Crippen molar-refractivity contribution >= 4 is 41.0 Å². The topological polar surface area (TPSA) is 81.7 Å².